The average Bonchev–Trinajstić information content (AvgIpc) is 3.82. The Hall–Kier alpha value is -4.76. The van der Waals surface area contributed by atoms with Gasteiger partial charge in [-0.2, -0.15) is 0 Å². The Morgan fingerprint density at radius 2 is 1.83 bits per heavy atom. The number of urea groups is 1. The normalized spacial score (nSPS) is 16.5. The highest BCUT2D eigenvalue weighted by atomic mass is 19.1. The van der Waals surface area contributed by atoms with Gasteiger partial charge in [-0.1, -0.05) is 23.8 Å². The highest BCUT2D eigenvalue weighted by Crippen LogP contribution is 2.32. The van der Waals surface area contributed by atoms with E-state index in [0.717, 1.165) is 29.9 Å². The summed E-state index contributed by atoms with van der Waals surface area (Å²) in [5.41, 5.74) is 3.86. The summed E-state index contributed by atoms with van der Waals surface area (Å²) >= 11 is 0. The van der Waals surface area contributed by atoms with Crippen molar-refractivity contribution in [1.82, 2.24) is 25.8 Å². The summed E-state index contributed by atoms with van der Waals surface area (Å²) in [6, 6.07) is 3.39. The number of rotatable bonds is 11. The maximum absolute atomic E-state index is 12.9. The number of carbonyl (C=O) groups is 5. The van der Waals surface area contributed by atoms with E-state index in [9.17, 15) is 28.4 Å². The van der Waals surface area contributed by atoms with Crippen LogP contribution in [0.1, 0.15) is 74.9 Å². The van der Waals surface area contributed by atoms with Gasteiger partial charge >= 0.3 is 6.03 Å². The van der Waals surface area contributed by atoms with Gasteiger partial charge in [-0.05, 0) is 77.8 Å². The molecule has 4 amide bonds. The molecule has 0 radical (unpaired) electrons. The number of benzene rings is 1. The minimum absolute atomic E-state index is 0.128. The SMILES string of the molecule is C#C.C/C=C\C(=C/C=C(C)C)N(C)C(C=O)CCC=O.CC1NC(=O)NC1=O.CNC1CC1.COc1ccc2c(c1CF)C(=O)N(C)C2. The fourth-order valence-electron chi connectivity index (χ4n) is 4.30. The van der Waals surface area contributed by atoms with Crippen molar-refractivity contribution in [2.75, 3.05) is 28.3 Å². The maximum Gasteiger partial charge on any atom is 0.322 e. The van der Waals surface area contributed by atoms with Gasteiger partial charge in [0.25, 0.3) is 5.91 Å². The lowest BCUT2D eigenvalue weighted by Crippen LogP contribution is -2.32. The van der Waals surface area contributed by atoms with Gasteiger partial charge in [-0.25, -0.2) is 9.18 Å². The van der Waals surface area contributed by atoms with E-state index in [0.29, 0.717) is 36.3 Å². The molecule has 264 valence electrons. The summed E-state index contributed by atoms with van der Waals surface area (Å²) in [6.07, 6.45) is 21.4. The molecule has 48 heavy (non-hydrogen) atoms. The second-order valence-electron chi connectivity index (χ2n) is 11.2. The number of allylic oxidation sites excluding steroid dienone is 5. The molecule has 2 heterocycles. The molecule has 0 aromatic heterocycles. The first kappa shape index (κ1) is 43.2. The molecular weight excluding hydrogens is 617 g/mol. The van der Waals surface area contributed by atoms with Crippen LogP contribution in [-0.2, 0) is 27.6 Å². The van der Waals surface area contributed by atoms with Crippen LogP contribution in [0.2, 0.25) is 0 Å². The Morgan fingerprint density at radius 1 is 1.19 bits per heavy atom. The molecule has 2 fully saturated rings. The maximum atomic E-state index is 12.9. The van der Waals surface area contributed by atoms with Gasteiger partial charge in [0.05, 0.1) is 18.7 Å². The van der Waals surface area contributed by atoms with E-state index in [2.05, 4.69) is 28.8 Å². The first-order valence-electron chi connectivity index (χ1n) is 15.6. The lowest BCUT2D eigenvalue weighted by atomic mass is 10.0. The van der Waals surface area contributed by atoms with Crippen LogP contribution in [0.15, 0.2) is 47.7 Å². The number of carbonyl (C=O) groups excluding carboxylic acids is 5. The summed E-state index contributed by atoms with van der Waals surface area (Å²) in [4.78, 5) is 57.3. The van der Waals surface area contributed by atoms with E-state index < -0.39 is 12.7 Å². The number of amides is 4. The van der Waals surface area contributed by atoms with E-state index in [1.54, 1.807) is 24.9 Å². The third kappa shape index (κ3) is 14.8. The zero-order valence-corrected chi connectivity index (χ0v) is 29.5. The number of aldehydes is 2. The monoisotopic (exact) mass is 669 g/mol. The minimum atomic E-state index is -0.675. The molecule has 2 aliphatic heterocycles. The van der Waals surface area contributed by atoms with Gasteiger partial charge in [-0.15, -0.1) is 12.8 Å². The fourth-order valence-corrected chi connectivity index (χ4v) is 4.30. The second kappa shape index (κ2) is 23.5. The molecule has 2 atom stereocenters. The lowest BCUT2D eigenvalue weighted by molar-refractivity contribution is -0.119. The molecule has 1 aliphatic carbocycles. The van der Waals surface area contributed by atoms with Crippen molar-refractivity contribution < 1.29 is 33.1 Å². The minimum Gasteiger partial charge on any atom is -0.496 e. The third-order valence-electron chi connectivity index (χ3n) is 7.21. The van der Waals surface area contributed by atoms with E-state index in [1.165, 1.54) is 25.5 Å². The highest BCUT2D eigenvalue weighted by molar-refractivity contribution is 6.03. The summed E-state index contributed by atoms with van der Waals surface area (Å²) < 4.78 is 17.9. The number of hydrogen-bond donors (Lipinski definition) is 3. The van der Waals surface area contributed by atoms with Crippen molar-refractivity contribution in [3.8, 4) is 18.6 Å². The molecule has 4 rings (SSSR count). The topological polar surface area (TPSA) is 137 Å². The Kier molecular flexibility index (Phi) is 21.2. The fraction of sp³-hybridized carbons (Fsp3) is 0.472. The summed E-state index contributed by atoms with van der Waals surface area (Å²) in [5, 5.41) is 7.58. The van der Waals surface area contributed by atoms with E-state index >= 15 is 0 Å². The third-order valence-corrected chi connectivity index (χ3v) is 7.21. The Labute approximate surface area is 285 Å². The van der Waals surface area contributed by atoms with Gasteiger partial charge < -0.3 is 34.8 Å². The number of imide groups is 1. The average molecular weight is 670 g/mol. The van der Waals surface area contributed by atoms with Crippen LogP contribution in [-0.4, -0.2) is 86.6 Å². The van der Waals surface area contributed by atoms with Gasteiger partial charge in [0.1, 0.15) is 31.0 Å². The lowest BCUT2D eigenvalue weighted by Gasteiger charge is -2.26. The van der Waals surface area contributed by atoms with E-state index in [4.69, 9.17) is 4.74 Å². The van der Waals surface area contributed by atoms with E-state index in [-0.39, 0.29) is 23.9 Å². The van der Waals surface area contributed by atoms with Gasteiger partial charge in [0.2, 0.25) is 5.91 Å². The molecule has 1 saturated heterocycles. The van der Waals surface area contributed by atoms with Crippen molar-refractivity contribution in [2.45, 2.75) is 84.7 Å². The van der Waals surface area contributed by atoms with E-state index in [1.807, 2.05) is 70.1 Å². The van der Waals surface area contributed by atoms with Crippen LogP contribution in [0.5, 0.6) is 5.75 Å². The number of terminal acetylenes is 1. The number of hydrogen-bond acceptors (Lipinski definition) is 8. The molecule has 2 unspecified atom stereocenters. The van der Waals surface area contributed by atoms with Crippen LogP contribution in [0.25, 0.3) is 0 Å². The molecule has 12 heteroatoms. The number of nitrogens with one attached hydrogen (secondary N) is 3. The molecule has 1 aromatic rings. The standard InChI is InChI=1S/C15H23NO2.C11H12FNO2.C4H6N2O2.C4H9N.C2H2/c1-5-7-14(10-9-13(2)3)16(4)15(12-18)8-6-11-17;1-13-6-7-3-4-9(15-2)8(5-12)10(7)11(13)14;1-2-3(7)6-4(8)5-2;1-5-4-2-3-4;1-2/h5,7,9-12,15H,6,8H2,1-4H3;3-4H,5-6H2,1-2H3;2H,1H3,(H2,5,6,7,8);4-5H,2-3H2,1H3;1-2H/b7-5-,14-10+;;;;. The van der Waals surface area contributed by atoms with Crippen molar-refractivity contribution in [3.05, 3.63) is 64.4 Å². The number of alkyl halides is 1. The van der Waals surface area contributed by atoms with Crippen LogP contribution in [0.3, 0.4) is 0 Å². The van der Waals surface area contributed by atoms with Crippen LogP contribution in [0.4, 0.5) is 9.18 Å². The molecule has 3 N–H and O–H groups in total. The summed E-state index contributed by atoms with van der Waals surface area (Å²) in [6.45, 7) is 7.48. The van der Waals surface area contributed by atoms with Crippen molar-refractivity contribution in [1.29, 1.82) is 0 Å². The zero-order chi connectivity index (χ0) is 36.8. The zero-order valence-electron chi connectivity index (χ0n) is 29.5. The Morgan fingerprint density at radius 3 is 2.21 bits per heavy atom. The predicted molar refractivity (Wildman–Crippen MR) is 187 cm³/mol. The van der Waals surface area contributed by atoms with Crippen LogP contribution < -0.4 is 20.7 Å². The molecule has 1 aromatic carbocycles. The van der Waals surface area contributed by atoms with Crippen LogP contribution >= 0.6 is 0 Å². The predicted octanol–water partition coefficient (Wildman–Crippen LogP) is 4.47. The molecule has 1 saturated carbocycles. The van der Waals surface area contributed by atoms with Gasteiger partial charge in [0, 0.05) is 44.4 Å². The number of fused-ring (bicyclic) bond motifs is 1. The second-order valence-corrected chi connectivity index (χ2v) is 11.2. The number of methoxy groups -OCH3 is 1. The molecule has 0 bridgehead atoms. The smallest absolute Gasteiger partial charge is 0.322 e. The molecule has 11 nitrogen and oxygen atoms in total. The summed E-state index contributed by atoms with van der Waals surface area (Å²) in [5.74, 6) is 0.0615. The molecular formula is C36H52FN5O6. The largest absolute Gasteiger partial charge is 0.496 e. The Balaban J connectivity index is 0.000000653. The molecule has 0 spiro atoms. The van der Waals surface area contributed by atoms with Crippen molar-refractivity contribution in [3.63, 3.8) is 0 Å². The van der Waals surface area contributed by atoms with Crippen molar-refractivity contribution >= 4 is 30.4 Å². The summed E-state index contributed by atoms with van der Waals surface area (Å²) in [7, 11) is 7.06. The van der Waals surface area contributed by atoms with Crippen LogP contribution in [0, 0.1) is 12.8 Å². The first-order chi connectivity index (χ1) is 22.9. The number of halogens is 1. The highest BCUT2D eigenvalue weighted by Gasteiger charge is 2.29. The number of likely N-dealkylation sites (N-methyl/N-ethyl adjacent to an activating group) is 1. The first-order valence-corrected chi connectivity index (χ1v) is 15.6. The number of ether oxygens (including phenoxy) is 1. The Bertz CT molecular complexity index is 1330. The molecule has 3 aliphatic rings. The van der Waals surface area contributed by atoms with Crippen molar-refractivity contribution in [2.24, 2.45) is 0 Å². The number of nitrogens with zero attached hydrogens (tertiary/aromatic N) is 2. The van der Waals surface area contributed by atoms with Gasteiger partial charge in [-0.3, -0.25) is 14.9 Å². The van der Waals surface area contributed by atoms with Gasteiger partial charge in [0.15, 0.2) is 0 Å². The quantitative estimate of drug-likeness (QED) is 0.136.